The Bertz CT molecular complexity index is 645. The van der Waals surface area contributed by atoms with Crippen molar-refractivity contribution in [2.45, 2.75) is 78.9 Å². The smallest absolute Gasteiger partial charge is 0.334 e. The van der Waals surface area contributed by atoms with Gasteiger partial charge in [0.1, 0.15) is 0 Å². The molecule has 26 heavy (non-hydrogen) atoms. The van der Waals surface area contributed by atoms with E-state index in [1.54, 1.807) is 0 Å². The lowest BCUT2D eigenvalue weighted by molar-refractivity contribution is -0.172. The third-order valence-electron chi connectivity index (χ3n) is 7.14. The SMILES string of the molecule is C=C1CCC2C(C)(C)CCCC2(C)C1CCC1=CC(=O)OC1OC(C)=O. The molecule has 0 saturated heterocycles. The van der Waals surface area contributed by atoms with Crippen LogP contribution < -0.4 is 0 Å². The van der Waals surface area contributed by atoms with Crippen molar-refractivity contribution < 1.29 is 19.1 Å². The molecule has 4 nitrogen and oxygen atoms in total. The molecule has 3 rings (SSSR count). The van der Waals surface area contributed by atoms with Gasteiger partial charge < -0.3 is 9.47 Å². The zero-order valence-corrected chi connectivity index (χ0v) is 16.6. The van der Waals surface area contributed by atoms with Gasteiger partial charge in [-0.05, 0) is 61.2 Å². The molecule has 4 unspecified atom stereocenters. The molecular weight excluding hydrogens is 328 g/mol. The lowest BCUT2D eigenvalue weighted by Gasteiger charge is -2.58. The molecule has 0 spiro atoms. The number of carbonyl (C=O) groups excluding carboxylic acids is 2. The molecule has 0 aromatic heterocycles. The van der Waals surface area contributed by atoms with Crippen molar-refractivity contribution in [2.75, 3.05) is 0 Å². The fourth-order valence-electron chi connectivity index (χ4n) is 5.99. The van der Waals surface area contributed by atoms with Crippen LogP contribution in [-0.4, -0.2) is 18.2 Å². The summed E-state index contributed by atoms with van der Waals surface area (Å²) in [6, 6.07) is 0. The van der Waals surface area contributed by atoms with Gasteiger partial charge in [0.25, 0.3) is 6.29 Å². The Labute approximate surface area is 157 Å². The van der Waals surface area contributed by atoms with Crippen molar-refractivity contribution in [3.8, 4) is 0 Å². The van der Waals surface area contributed by atoms with Crippen molar-refractivity contribution in [2.24, 2.45) is 22.7 Å². The van der Waals surface area contributed by atoms with Crippen LogP contribution in [0.2, 0.25) is 0 Å². The number of esters is 2. The number of hydrogen-bond donors (Lipinski definition) is 0. The van der Waals surface area contributed by atoms with Gasteiger partial charge in [-0.1, -0.05) is 39.3 Å². The largest absolute Gasteiger partial charge is 0.421 e. The van der Waals surface area contributed by atoms with E-state index in [2.05, 4.69) is 27.4 Å². The van der Waals surface area contributed by atoms with Crippen molar-refractivity contribution in [3.63, 3.8) is 0 Å². The second-order valence-corrected chi connectivity index (χ2v) is 9.29. The van der Waals surface area contributed by atoms with Crippen LogP contribution >= 0.6 is 0 Å². The summed E-state index contributed by atoms with van der Waals surface area (Å²) in [5, 5.41) is 0. The van der Waals surface area contributed by atoms with Crippen LogP contribution in [-0.2, 0) is 19.1 Å². The first-order valence-electron chi connectivity index (χ1n) is 9.89. The number of cyclic esters (lactones) is 1. The van der Waals surface area contributed by atoms with Gasteiger partial charge in [-0.2, -0.15) is 0 Å². The molecule has 0 bridgehead atoms. The summed E-state index contributed by atoms with van der Waals surface area (Å²) in [4.78, 5) is 22.9. The van der Waals surface area contributed by atoms with E-state index < -0.39 is 18.2 Å². The fraction of sp³-hybridized carbons (Fsp3) is 0.727. The second-order valence-electron chi connectivity index (χ2n) is 9.29. The van der Waals surface area contributed by atoms with Crippen LogP contribution in [0, 0.1) is 22.7 Å². The number of hydrogen-bond acceptors (Lipinski definition) is 4. The molecule has 0 aromatic carbocycles. The Hall–Kier alpha value is -1.58. The van der Waals surface area contributed by atoms with E-state index in [1.807, 2.05) is 0 Å². The minimum absolute atomic E-state index is 0.262. The van der Waals surface area contributed by atoms with Gasteiger partial charge in [-0.15, -0.1) is 0 Å². The van der Waals surface area contributed by atoms with Gasteiger partial charge in [0.2, 0.25) is 0 Å². The lowest BCUT2D eigenvalue weighted by atomic mass is 9.47. The molecule has 4 heteroatoms. The Morgan fingerprint density at radius 2 is 2.08 bits per heavy atom. The highest BCUT2D eigenvalue weighted by molar-refractivity contribution is 5.86. The molecule has 0 aromatic rings. The predicted octanol–water partition coefficient (Wildman–Crippen LogP) is 4.94. The van der Waals surface area contributed by atoms with Crippen LogP contribution in [0.5, 0.6) is 0 Å². The van der Waals surface area contributed by atoms with E-state index in [-0.39, 0.29) is 5.41 Å². The highest BCUT2D eigenvalue weighted by Crippen LogP contribution is 2.61. The summed E-state index contributed by atoms with van der Waals surface area (Å²) in [5.74, 6) is 0.296. The number of rotatable bonds is 4. The minimum Gasteiger partial charge on any atom is -0.421 e. The van der Waals surface area contributed by atoms with Crippen LogP contribution in [0.4, 0.5) is 0 Å². The summed E-state index contributed by atoms with van der Waals surface area (Å²) in [6.45, 7) is 13.0. The quantitative estimate of drug-likeness (QED) is 0.526. The highest BCUT2D eigenvalue weighted by atomic mass is 16.7. The molecule has 3 aliphatic rings. The van der Waals surface area contributed by atoms with Crippen molar-refractivity contribution >= 4 is 11.9 Å². The first-order valence-corrected chi connectivity index (χ1v) is 9.89. The first kappa shape index (κ1) is 19.2. The number of fused-ring (bicyclic) bond motifs is 1. The maximum Gasteiger partial charge on any atom is 0.334 e. The van der Waals surface area contributed by atoms with Crippen LogP contribution in [0.25, 0.3) is 0 Å². The lowest BCUT2D eigenvalue weighted by Crippen LogP contribution is -2.49. The Kier molecular flexibility index (Phi) is 5.06. The van der Waals surface area contributed by atoms with E-state index in [1.165, 1.54) is 44.3 Å². The maximum absolute atomic E-state index is 11.6. The van der Waals surface area contributed by atoms with Crippen molar-refractivity contribution in [1.29, 1.82) is 0 Å². The molecule has 1 aliphatic heterocycles. The Balaban J connectivity index is 1.75. The maximum atomic E-state index is 11.6. The normalized spacial score (nSPS) is 36.2. The Morgan fingerprint density at radius 3 is 2.77 bits per heavy atom. The Morgan fingerprint density at radius 1 is 1.35 bits per heavy atom. The third-order valence-corrected chi connectivity index (χ3v) is 7.14. The van der Waals surface area contributed by atoms with Crippen LogP contribution in [0.3, 0.4) is 0 Å². The van der Waals surface area contributed by atoms with Gasteiger partial charge in [0, 0.05) is 18.6 Å². The first-order chi connectivity index (χ1) is 12.1. The van der Waals surface area contributed by atoms with Gasteiger partial charge in [-0.3, -0.25) is 4.79 Å². The van der Waals surface area contributed by atoms with Crippen LogP contribution in [0.15, 0.2) is 23.8 Å². The van der Waals surface area contributed by atoms with E-state index in [4.69, 9.17) is 9.47 Å². The molecule has 2 fully saturated rings. The standard InChI is InChI=1S/C22H32O4/c1-14-7-10-18-21(3,4)11-6-12-22(18,5)17(14)9-8-16-13-19(24)26-20(16)25-15(2)23/h13,17-18,20H,1,6-12H2,2-5H3. The predicted molar refractivity (Wildman–Crippen MR) is 100 cm³/mol. The van der Waals surface area contributed by atoms with Gasteiger partial charge in [-0.25, -0.2) is 4.79 Å². The van der Waals surface area contributed by atoms with E-state index in [9.17, 15) is 9.59 Å². The van der Waals surface area contributed by atoms with E-state index in [0.717, 1.165) is 18.4 Å². The number of allylic oxidation sites excluding steroid dienone is 1. The van der Waals surface area contributed by atoms with Gasteiger partial charge in [0.15, 0.2) is 0 Å². The molecule has 0 N–H and O–H groups in total. The summed E-state index contributed by atoms with van der Waals surface area (Å²) in [6.07, 6.45) is 8.42. The summed E-state index contributed by atoms with van der Waals surface area (Å²) in [7, 11) is 0. The molecule has 0 amide bonds. The molecular formula is C22H32O4. The monoisotopic (exact) mass is 360 g/mol. The van der Waals surface area contributed by atoms with Crippen molar-refractivity contribution in [1.82, 2.24) is 0 Å². The third kappa shape index (κ3) is 3.47. The zero-order chi connectivity index (χ0) is 19.1. The molecule has 4 atom stereocenters. The molecule has 1 heterocycles. The average molecular weight is 360 g/mol. The van der Waals surface area contributed by atoms with E-state index >= 15 is 0 Å². The van der Waals surface area contributed by atoms with E-state index in [0.29, 0.717) is 23.7 Å². The second kappa shape index (κ2) is 6.86. The summed E-state index contributed by atoms with van der Waals surface area (Å²) < 4.78 is 10.3. The topological polar surface area (TPSA) is 52.6 Å². The highest BCUT2D eigenvalue weighted by Gasteiger charge is 2.52. The number of carbonyl (C=O) groups is 2. The average Bonchev–Trinajstić information content (AvgIpc) is 2.84. The number of ether oxygens (including phenoxy) is 2. The van der Waals surface area contributed by atoms with Crippen molar-refractivity contribution in [3.05, 3.63) is 23.8 Å². The minimum atomic E-state index is -0.844. The fourth-order valence-corrected chi connectivity index (χ4v) is 5.99. The molecule has 2 saturated carbocycles. The summed E-state index contributed by atoms with van der Waals surface area (Å²) >= 11 is 0. The van der Waals surface area contributed by atoms with Gasteiger partial charge in [0.05, 0.1) is 0 Å². The van der Waals surface area contributed by atoms with Crippen LogP contribution in [0.1, 0.15) is 72.6 Å². The zero-order valence-electron chi connectivity index (χ0n) is 16.6. The summed E-state index contributed by atoms with van der Waals surface area (Å²) in [5.41, 5.74) is 2.76. The van der Waals surface area contributed by atoms with Gasteiger partial charge >= 0.3 is 11.9 Å². The molecule has 144 valence electrons. The molecule has 2 aliphatic carbocycles. The molecule has 0 radical (unpaired) electrons.